The average molecular weight is 296 g/mol. The summed E-state index contributed by atoms with van der Waals surface area (Å²) in [5.41, 5.74) is 0.959. The van der Waals surface area contributed by atoms with E-state index in [1.807, 2.05) is 36.4 Å². The number of hydrogen-bond donors (Lipinski definition) is 1. The molecule has 1 aromatic heterocycles. The lowest BCUT2D eigenvalue weighted by molar-refractivity contribution is -0.142. The molecule has 2 aromatic rings. The average Bonchev–Trinajstić information content (AvgIpc) is 2.83. The molecule has 0 aliphatic rings. The summed E-state index contributed by atoms with van der Waals surface area (Å²) in [4.78, 5) is 16.7. The maximum atomic E-state index is 10.2. The van der Waals surface area contributed by atoms with Crippen LogP contribution in [0.3, 0.4) is 0 Å². The van der Waals surface area contributed by atoms with E-state index in [2.05, 4.69) is 9.99 Å². The number of carbonyl (C=O) groups is 1. The van der Waals surface area contributed by atoms with Crippen LogP contribution in [0.4, 0.5) is 0 Å². The van der Waals surface area contributed by atoms with E-state index in [-0.39, 0.29) is 0 Å². The van der Waals surface area contributed by atoms with Crippen molar-refractivity contribution in [1.82, 2.24) is 0 Å². The SMILES string of the molecule is O=C(O)CON=Cc1ccc(-c2ccccc2Cl)s1. The molecular formula is C13H10ClNO3S. The first kappa shape index (κ1) is 13.6. The molecule has 0 atom stereocenters. The fourth-order valence-electron chi connectivity index (χ4n) is 1.41. The first-order chi connectivity index (χ1) is 9.16. The maximum Gasteiger partial charge on any atom is 0.344 e. The molecule has 2 rings (SSSR count). The summed E-state index contributed by atoms with van der Waals surface area (Å²) >= 11 is 7.61. The Balaban J connectivity index is 2.07. The third-order valence-electron chi connectivity index (χ3n) is 2.21. The number of aliphatic carboxylic acids is 1. The summed E-state index contributed by atoms with van der Waals surface area (Å²) in [6.07, 6.45) is 1.48. The molecule has 0 saturated heterocycles. The highest BCUT2D eigenvalue weighted by Gasteiger charge is 2.05. The number of benzene rings is 1. The number of rotatable bonds is 5. The molecule has 0 aliphatic carbocycles. The molecule has 0 spiro atoms. The van der Waals surface area contributed by atoms with Crippen molar-refractivity contribution in [1.29, 1.82) is 0 Å². The molecule has 0 fully saturated rings. The minimum Gasteiger partial charge on any atom is -0.479 e. The molecule has 1 aromatic carbocycles. The lowest BCUT2D eigenvalue weighted by Gasteiger charge is -1.99. The van der Waals surface area contributed by atoms with Crippen LogP contribution in [0.1, 0.15) is 4.88 Å². The molecule has 19 heavy (non-hydrogen) atoms. The molecular weight excluding hydrogens is 286 g/mol. The Hall–Kier alpha value is -1.85. The van der Waals surface area contributed by atoms with Crippen molar-refractivity contribution in [3.8, 4) is 10.4 Å². The number of carboxylic acids is 1. The second-order valence-corrected chi connectivity index (χ2v) is 5.11. The highest BCUT2D eigenvalue weighted by Crippen LogP contribution is 2.32. The predicted octanol–water partition coefficient (Wildman–Crippen LogP) is 3.50. The van der Waals surface area contributed by atoms with Gasteiger partial charge in [0.05, 0.1) is 6.21 Å². The zero-order valence-electron chi connectivity index (χ0n) is 9.75. The van der Waals surface area contributed by atoms with E-state index >= 15 is 0 Å². The molecule has 0 bridgehead atoms. The smallest absolute Gasteiger partial charge is 0.344 e. The lowest BCUT2D eigenvalue weighted by Crippen LogP contribution is -2.03. The summed E-state index contributed by atoms with van der Waals surface area (Å²) in [6, 6.07) is 11.4. The summed E-state index contributed by atoms with van der Waals surface area (Å²) in [5, 5.41) is 12.7. The first-order valence-corrected chi connectivity index (χ1v) is 6.58. The van der Waals surface area contributed by atoms with Gasteiger partial charge in [0.15, 0.2) is 0 Å². The van der Waals surface area contributed by atoms with Gasteiger partial charge < -0.3 is 9.94 Å². The molecule has 6 heteroatoms. The number of oxime groups is 1. The van der Waals surface area contributed by atoms with Crippen LogP contribution in [0.5, 0.6) is 0 Å². The predicted molar refractivity (Wildman–Crippen MR) is 75.9 cm³/mol. The number of halogens is 1. The Bertz CT molecular complexity index is 609. The van der Waals surface area contributed by atoms with Crippen molar-refractivity contribution < 1.29 is 14.7 Å². The van der Waals surface area contributed by atoms with Crippen molar-refractivity contribution in [2.45, 2.75) is 0 Å². The maximum absolute atomic E-state index is 10.2. The number of nitrogens with zero attached hydrogens (tertiary/aromatic N) is 1. The van der Waals surface area contributed by atoms with Gasteiger partial charge in [-0.1, -0.05) is 35.0 Å². The Morgan fingerprint density at radius 1 is 1.37 bits per heavy atom. The van der Waals surface area contributed by atoms with Gasteiger partial charge in [-0.2, -0.15) is 0 Å². The van der Waals surface area contributed by atoms with Crippen LogP contribution in [-0.2, 0) is 9.63 Å². The number of hydrogen-bond acceptors (Lipinski definition) is 4. The van der Waals surface area contributed by atoms with Crippen LogP contribution < -0.4 is 0 Å². The largest absolute Gasteiger partial charge is 0.479 e. The summed E-state index contributed by atoms with van der Waals surface area (Å²) in [6.45, 7) is -0.445. The van der Waals surface area contributed by atoms with Gasteiger partial charge in [0.1, 0.15) is 0 Å². The van der Waals surface area contributed by atoms with Crippen LogP contribution >= 0.6 is 22.9 Å². The Labute approximate surface area is 118 Å². The van der Waals surface area contributed by atoms with Crippen LogP contribution in [0, 0.1) is 0 Å². The van der Waals surface area contributed by atoms with Gasteiger partial charge in [0.2, 0.25) is 6.61 Å². The van der Waals surface area contributed by atoms with E-state index in [1.54, 1.807) is 0 Å². The van der Waals surface area contributed by atoms with Gasteiger partial charge in [-0.05, 0) is 18.2 Å². The summed E-state index contributed by atoms with van der Waals surface area (Å²) in [5.74, 6) is -1.06. The molecule has 0 amide bonds. The first-order valence-electron chi connectivity index (χ1n) is 5.38. The van der Waals surface area contributed by atoms with Gasteiger partial charge in [0.25, 0.3) is 0 Å². The monoisotopic (exact) mass is 295 g/mol. The van der Waals surface area contributed by atoms with Crippen LogP contribution in [-0.4, -0.2) is 23.9 Å². The minimum absolute atomic E-state index is 0.445. The molecule has 0 radical (unpaired) electrons. The van der Waals surface area contributed by atoms with E-state index in [9.17, 15) is 4.79 Å². The quantitative estimate of drug-likeness (QED) is 0.678. The zero-order valence-corrected chi connectivity index (χ0v) is 11.3. The van der Waals surface area contributed by atoms with Crippen molar-refractivity contribution in [3.05, 3.63) is 46.3 Å². The zero-order chi connectivity index (χ0) is 13.7. The Morgan fingerprint density at radius 2 is 2.16 bits per heavy atom. The second-order valence-electron chi connectivity index (χ2n) is 3.58. The molecule has 1 heterocycles. The van der Waals surface area contributed by atoms with Crippen molar-refractivity contribution in [2.75, 3.05) is 6.61 Å². The van der Waals surface area contributed by atoms with Crippen molar-refractivity contribution >= 4 is 35.1 Å². The van der Waals surface area contributed by atoms with Gasteiger partial charge in [-0.3, -0.25) is 0 Å². The number of thiophene rings is 1. The van der Waals surface area contributed by atoms with Gasteiger partial charge in [-0.15, -0.1) is 11.3 Å². The van der Waals surface area contributed by atoms with E-state index in [0.29, 0.717) is 5.02 Å². The summed E-state index contributed by atoms with van der Waals surface area (Å²) < 4.78 is 0. The molecule has 1 N–H and O–H groups in total. The van der Waals surface area contributed by atoms with Crippen LogP contribution in [0.15, 0.2) is 41.6 Å². The lowest BCUT2D eigenvalue weighted by atomic mass is 10.2. The van der Waals surface area contributed by atoms with Gasteiger partial charge in [0, 0.05) is 20.3 Å². The van der Waals surface area contributed by atoms with Crippen molar-refractivity contribution in [2.24, 2.45) is 5.16 Å². The molecule has 0 saturated carbocycles. The standard InChI is InChI=1S/C13H10ClNO3S/c14-11-4-2-1-3-10(11)12-6-5-9(19-12)7-15-18-8-13(16)17/h1-7H,8H2,(H,16,17). The fraction of sp³-hybridized carbons (Fsp3) is 0.0769. The van der Waals surface area contributed by atoms with Crippen molar-refractivity contribution in [3.63, 3.8) is 0 Å². The molecule has 98 valence electrons. The van der Waals surface area contributed by atoms with E-state index < -0.39 is 12.6 Å². The minimum atomic E-state index is -1.06. The van der Waals surface area contributed by atoms with Crippen LogP contribution in [0.2, 0.25) is 5.02 Å². The van der Waals surface area contributed by atoms with E-state index in [4.69, 9.17) is 16.7 Å². The Morgan fingerprint density at radius 3 is 2.89 bits per heavy atom. The van der Waals surface area contributed by atoms with Gasteiger partial charge in [-0.25, -0.2) is 4.79 Å². The second kappa shape index (κ2) is 6.36. The molecule has 0 aliphatic heterocycles. The Kier molecular flexibility index (Phi) is 4.54. The number of carboxylic acid groups (broad SMARTS) is 1. The highest BCUT2D eigenvalue weighted by atomic mass is 35.5. The normalized spacial score (nSPS) is 10.8. The molecule has 0 unspecified atom stereocenters. The summed E-state index contributed by atoms with van der Waals surface area (Å²) in [7, 11) is 0. The van der Waals surface area contributed by atoms with E-state index in [1.165, 1.54) is 17.6 Å². The van der Waals surface area contributed by atoms with Crippen LogP contribution in [0.25, 0.3) is 10.4 Å². The highest BCUT2D eigenvalue weighted by molar-refractivity contribution is 7.17. The fourth-order valence-corrected chi connectivity index (χ4v) is 2.61. The topological polar surface area (TPSA) is 58.9 Å². The third kappa shape index (κ3) is 3.81. The van der Waals surface area contributed by atoms with E-state index in [0.717, 1.165) is 15.3 Å². The van der Waals surface area contributed by atoms with Gasteiger partial charge >= 0.3 is 5.97 Å². The molecule has 4 nitrogen and oxygen atoms in total. The third-order valence-corrected chi connectivity index (χ3v) is 3.59.